The van der Waals surface area contributed by atoms with Gasteiger partial charge in [0.2, 0.25) is 11.9 Å². The van der Waals surface area contributed by atoms with Gasteiger partial charge in [0.1, 0.15) is 5.39 Å². The fourth-order valence-corrected chi connectivity index (χ4v) is 3.25. The minimum atomic E-state index is -0.273. The Hall–Kier alpha value is -2.38. The van der Waals surface area contributed by atoms with Crippen LogP contribution < -0.4 is 15.8 Å². The number of nitrogens with zero attached hydrogens (tertiary/aromatic N) is 4. The Balaban J connectivity index is 1.95. The third kappa shape index (κ3) is 3.38. The molecular weight excluding hydrogens is 320 g/mol. The van der Waals surface area contributed by atoms with Gasteiger partial charge < -0.3 is 10.2 Å². The van der Waals surface area contributed by atoms with Gasteiger partial charge in [-0.3, -0.25) is 14.6 Å². The second-order valence-electron chi connectivity index (χ2n) is 7.53. The van der Waals surface area contributed by atoms with Gasteiger partial charge in [-0.2, -0.15) is 10.1 Å². The van der Waals surface area contributed by atoms with Gasteiger partial charge in [0.05, 0.1) is 17.7 Å². The fraction of sp³-hybridized carbons (Fsp3) is 0.647. The summed E-state index contributed by atoms with van der Waals surface area (Å²) in [5.41, 5.74) is 0.104. The summed E-state index contributed by atoms with van der Waals surface area (Å²) in [7, 11) is 0. The topological polar surface area (TPSA) is 95.9 Å². The van der Waals surface area contributed by atoms with Crippen LogP contribution >= 0.6 is 0 Å². The number of aromatic nitrogens is 4. The first-order valence-electron chi connectivity index (χ1n) is 8.82. The monoisotopic (exact) mass is 346 g/mol. The molecule has 0 unspecified atom stereocenters. The molecule has 0 radical (unpaired) electrons. The molecule has 2 N–H and O–H groups in total. The molecule has 2 aromatic heterocycles. The molecule has 1 aliphatic heterocycles. The van der Waals surface area contributed by atoms with Gasteiger partial charge >= 0.3 is 0 Å². The van der Waals surface area contributed by atoms with Crippen LogP contribution in [0.25, 0.3) is 11.0 Å². The highest BCUT2D eigenvalue weighted by Crippen LogP contribution is 2.23. The molecule has 0 aliphatic carbocycles. The van der Waals surface area contributed by atoms with Crippen molar-refractivity contribution in [1.29, 1.82) is 0 Å². The molecule has 1 saturated heterocycles. The molecule has 1 atom stereocenters. The summed E-state index contributed by atoms with van der Waals surface area (Å²) >= 11 is 0. The van der Waals surface area contributed by atoms with E-state index in [1.807, 2.05) is 32.6 Å². The number of carbonyl (C=O) groups is 1. The van der Waals surface area contributed by atoms with Crippen molar-refractivity contribution >= 4 is 22.9 Å². The standard InChI is InChI=1S/C17H26N6O2/c1-5-18-14(24)11-7-6-8-22(10-11)16-20-13-12(15(25)21-16)9-19-23(13)17(2,3)4/h9,11H,5-8,10H2,1-4H3,(H,18,24)(H,20,21,25)/t11-/m0/s1. The van der Waals surface area contributed by atoms with E-state index in [4.69, 9.17) is 0 Å². The number of hydrogen-bond acceptors (Lipinski definition) is 5. The Kier molecular flexibility index (Phi) is 4.53. The molecule has 2 aromatic rings. The number of fused-ring (bicyclic) bond motifs is 1. The number of H-pyrrole nitrogens is 1. The molecule has 136 valence electrons. The summed E-state index contributed by atoms with van der Waals surface area (Å²) in [6, 6.07) is 0. The van der Waals surface area contributed by atoms with Crippen molar-refractivity contribution in [2.45, 2.75) is 46.1 Å². The molecular formula is C17H26N6O2. The van der Waals surface area contributed by atoms with E-state index < -0.39 is 0 Å². The fourth-order valence-electron chi connectivity index (χ4n) is 3.25. The van der Waals surface area contributed by atoms with Gasteiger partial charge in [-0.1, -0.05) is 0 Å². The van der Waals surface area contributed by atoms with Crippen LogP contribution in [0.4, 0.5) is 5.95 Å². The van der Waals surface area contributed by atoms with Crippen molar-refractivity contribution in [3.05, 3.63) is 16.6 Å². The van der Waals surface area contributed by atoms with Crippen LogP contribution in [0, 0.1) is 5.92 Å². The largest absolute Gasteiger partial charge is 0.356 e. The molecule has 8 nitrogen and oxygen atoms in total. The maximum atomic E-state index is 12.4. The molecule has 1 fully saturated rings. The number of hydrogen-bond donors (Lipinski definition) is 2. The van der Waals surface area contributed by atoms with E-state index in [-0.39, 0.29) is 22.9 Å². The summed E-state index contributed by atoms with van der Waals surface area (Å²) in [4.78, 5) is 34.1. The average molecular weight is 346 g/mol. The van der Waals surface area contributed by atoms with Gasteiger partial charge in [-0.05, 0) is 40.5 Å². The van der Waals surface area contributed by atoms with Crippen molar-refractivity contribution in [3.8, 4) is 0 Å². The summed E-state index contributed by atoms with van der Waals surface area (Å²) < 4.78 is 1.77. The van der Waals surface area contributed by atoms with Crippen molar-refractivity contribution in [1.82, 2.24) is 25.1 Å². The summed E-state index contributed by atoms with van der Waals surface area (Å²) in [5, 5.41) is 7.70. The normalized spacial score (nSPS) is 18.6. The Labute approximate surface area is 146 Å². The maximum absolute atomic E-state index is 12.4. The van der Waals surface area contributed by atoms with Gasteiger partial charge in [0.15, 0.2) is 5.65 Å². The van der Waals surface area contributed by atoms with Crippen LogP contribution in [0.2, 0.25) is 0 Å². The minimum absolute atomic E-state index is 0.0651. The zero-order valence-electron chi connectivity index (χ0n) is 15.3. The molecule has 0 saturated carbocycles. The van der Waals surface area contributed by atoms with Crippen LogP contribution in [-0.4, -0.2) is 45.3 Å². The molecule has 25 heavy (non-hydrogen) atoms. The summed E-state index contributed by atoms with van der Waals surface area (Å²) in [6.45, 7) is 9.94. The lowest BCUT2D eigenvalue weighted by atomic mass is 9.97. The quantitative estimate of drug-likeness (QED) is 0.871. The van der Waals surface area contributed by atoms with E-state index >= 15 is 0 Å². The Morgan fingerprint density at radius 3 is 2.88 bits per heavy atom. The van der Waals surface area contributed by atoms with Gasteiger partial charge in [-0.15, -0.1) is 0 Å². The van der Waals surface area contributed by atoms with Gasteiger partial charge in [0, 0.05) is 19.6 Å². The Morgan fingerprint density at radius 2 is 2.20 bits per heavy atom. The van der Waals surface area contributed by atoms with Crippen molar-refractivity contribution in [3.63, 3.8) is 0 Å². The predicted molar refractivity (Wildman–Crippen MR) is 96.8 cm³/mol. The zero-order chi connectivity index (χ0) is 18.2. The first-order chi connectivity index (χ1) is 11.8. The number of aromatic amines is 1. The van der Waals surface area contributed by atoms with Gasteiger partial charge in [-0.25, -0.2) is 4.68 Å². The lowest BCUT2D eigenvalue weighted by Gasteiger charge is -2.32. The molecule has 0 aromatic carbocycles. The summed E-state index contributed by atoms with van der Waals surface area (Å²) in [6.07, 6.45) is 3.31. The highest BCUT2D eigenvalue weighted by molar-refractivity contribution is 5.79. The molecule has 3 heterocycles. The van der Waals surface area contributed by atoms with Crippen LogP contribution in [0.5, 0.6) is 0 Å². The van der Waals surface area contributed by atoms with E-state index in [0.717, 1.165) is 19.4 Å². The number of piperidine rings is 1. The number of nitrogens with one attached hydrogen (secondary N) is 2. The maximum Gasteiger partial charge on any atom is 0.263 e. The second kappa shape index (κ2) is 6.50. The van der Waals surface area contributed by atoms with E-state index in [2.05, 4.69) is 20.4 Å². The number of rotatable bonds is 3. The molecule has 8 heteroatoms. The molecule has 0 spiro atoms. The Morgan fingerprint density at radius 1 is 1.44 bits per heavy atom. The van der Waals surface area contributed by atoms with E-state index in [1.54, 1.807) is 10.9 Å². The first-order valence-corrected chi connectivity index (χ1v) is 8.82. The van der Waals surface area contributed by atoms with Crippen LogP contribution in [0.3, 0.4) is 0 Å². The molecule has 1 aliphatic rings. The molecule has 3 rings (SSSR count). The van der Waals surface area contributed by atoms with E-state index in [9.17, 15) is 9.59 Å². The second-order valence-corrected chi connectivity index (χ2v) is 7.53. The van der Waals surface area contributed by atoms with Crippen molar-refractivity contribution in [2.24, 2.45) is 5.92 Å². The predicted octanol–water partition coefficient (Wildman–Crippen LogP) is 1.23. The average Bonchev–Trinajstić information content (AvgIpc) is 3.00. The SMILES string of the molecule is CCNC(=O)[C@H]1CCCN(c2nc3c(cnn3C(C)(C)C)c(=O)[nH]2)C1. The Bertz CT molecular complexity index is 832. The smallest absolute Gasteiger partial charge is 0.263 e. The van der Waals surface area contributed by atoms with E-state index in [0.29, 0.717) is 30.1 Å². The highest BCUT2D eigenvalue weighted by Gasteiger charge is 2.28. The minimum Gasteiger partial charge on any atom is -0.356 e. The molecule has 0 bridgehead atoms. The van der Waals surface area contributed by atoms with Crippen LogP contribution in [0.15, 0.2) is 11.0 Å². The van der Waals surface area contributed by atoms with Crippen LogP contribution in [-0.2, 0) is 10.3 Å². The number of carbonyl (C=O) groups excluding carboxylic acids is 1. The van der Waals surface area contributed by atoms with Gasteiger partial charge in [0.25, 0.3) is 5.56 Å². The number of amides is 1. The van der Waals surface area contributed by atoms with Crippen molar-refractivity contribution in [2.75, 3.05) is 24.5 Å². The lowest BCUT2D eigenvalue weighted by Crippen LogP contribution is -2.44. The zero-order valence-corrected chi connectivity index (χ0v) is 15.3. The third-order valence-corrected chi connectivity index (χ3v) is 4.50. The molecule has 1 amide bonds. The van der Waals surface area contributed by atoms with E-state index in [1.165, 1.54) is 0 Å². The van der Waals surface area contributed by atoms with Crippen LogP contribution in [0.1, 0.15) is 40.5 Å². The van der Waals surface area contributed by atoms with Crippen molar-refractivity contribution < 1.29 is 4.79 Å². The summed E-state index contributed by atoms with van der Waals surface area (Å²) in [5.74, 6) is 0.495. The lowest BCUT2D eigenvalue weighted by molar-refractivity contribution is -0.125. The number of anilines is 1. The third-order valence-electron chi connectivity index (χ3n) is 4.50. The highest BCUT2D eigenvalue weighted by atomic mass is 16.2. The first kappa shape index (κ1) is 17.4.